The summed E-state index contributed by atoms with van der Waals surface area (Å²) >= 11 is 5.99. The van der Waals surface area contributed by atoms with Gasteiger partial charge in [0.1, 0.15) is 11.9 Å². The van der Waals surface area contributed by atoms with Crippen molar-refractivity contribution in [1.29, 1.82) is 0 Å². The van der Waals surface area contributed by atoms with Gasteiger partial charge in [-0.15, -0.1) is 0 Å². The predicted molar refractivity (Wildman–Crippen MR) is 83.7 cm³/mol. The second-order valence-electron chi connectivity index (χ2n) is 6.38. The highest BCUT2D eigenvalue weighted by Crippen LogP contribution is 2.40. The van der Waals surface area contributed by atoms with Crippen LogP contribution in [-0.4, -0.2) is 34.0 Å². The molecule has 1 heterocycles. The first-order valence-corrected chi connectivity index (χ1v) is 8.33. The molecule has 2 fully saturated rings. The monoisotopic (exact) mass is 339 g/mol. The Morgan fingerprint density at radius 2 is 2.04 bits per heavy atom. The zero-order chi connectivity index (χ0) is 16.6. The number of benzene rings is 1. The fraction of sp³-hybridized carbons (Fsp3) is 0.529. The smallest absolute Gasteiger partial charge is 0.326 e. The van der Waals surface area contributed by atoms with Crippen LogP contribution < -0.4 is 0 Å². The molecule has 0 spiro atoms. The van der Waals surface area contributed by atoms with Crippen LogP contribution in [-0.2, 0) is 16.0 Å². The molecule has 2 aliphatic rings. The van der Waals surface area contributed by atoms with Crippen LogP contribution in [0.1, 0.15) is 37.7 Å². The first-order chi connectivity index (χ1) is 11.0. The Labute approximate surface area is 139 Å². The van der Waals surface area contributed by atoms with E-state index in [0.29, 0.717) is 6.42 Å². The molecular formula is C17H19ClFNO3. The standard InChI is InChI=1S/C17H19ClFNO3/c18-12-5-3-6-13(19)11(12)9-16(21)20-14-7-2-1-4-10(14)8-15(20)17(22)23/h3,5-6,10,14-15H,1-2,4,7-9H2,(H,22,23). The molecule has 124 valence electrons. The molecule has 1 aliphatic heterocycles. The number of likely N-dealkylation sites (tertiary alicyclic amines) is 1. The fourth-order valence-corrected chi connectivity index (χ4v) is 4.21. The number of carboxylic acid groups (broad SMARTS) is 1. The molecule has 6 heteroatoms. The lowest BCUT2D eigenvalue weighted by atomic mass is 9.84. The number of carboxylic acids is 1. The Morgan fingerprint density at radius 1 is 1.30 bits per heavy atom. The second kappa shape index (κ2) is 6.48. The number of amides is 1. The van der Waals surface area contributed by atoms with Crippen LogP contribution in [0.2, 0.25) is 5.02 Å². The molecule has 3 unspecified atom stereocenters. The normalized spacial score (nSPS) is 26.9. The molecular weight excluding hydrogens is 321 g/mol. The maximum Gasteiger partial charge on any atom is 0.326 e. The summed E-state index contributed by atoms with van der Waals surface area (Å²) in [6.07, 6.45) is 4.16. The lowest BCUT2D eigenvalue weighted by Crippen LogP contribution is -2.47. The van der Waals surface area contributed by atoms with Crippen LogP contribution >= 0.6 is 11.6 Å². The summed E-state index contributed by atoms with van der Waals surface area (Å²) in [7, 11) is 0. The van der Waals surface area contributed by atoms with Crippen molar-refractivity contribution in [3.8, 4) is 0 Å². The average molecular weight is 340 g/mol. The number of carbonyl (C=O) groups excluding carboxylic acids is 1. The molecule has 23 heavy (non-hydrogen) atoms. The molecule has 1 saturated carbocycles. The van der Waals surface area contributed by atoms with Crippen LogP contribution in [0.15, 0.2) is 18.2 Å². The van der Waals surface area contributed by atoms with Crippen molar-refractivity contribution < 1.29 is 19.1 Å². The largest absolute Gasteiger partial charge is 0.480 e. The predicted octanol–water partition coefficient (Wildman–Crippen LogP) is 3.27. The van der Waals surface area contributed by atoms with E-state index in [2.05, 4.69) is 0 Å². The Balaban J connectivity index is 1.85. The van der Waals surface area contributed by atoms with Crippen molar-refractivity contribution in [2.45, 2.75) is 50.6 Å². The van der Waals surface area contributed by atoms with Gasteiger partial charge in [0.2, 0.25) is 5.91 Å². The zero-order valence-electron chi connectivity index (χ0n) is 12.7. The van der Waals surface area contributed by atoms with Gasteiger partial charge in [0.25, 0.3) is 0 Å². The summed E-state index contributed by atoms with van der Waals surface area (Å²) in [4.78, 5) is 25.8. The van der Waals surface area contributed by atoms with E-state index in [-0.39, 0.29) is 34.9 Å². The maximum absolute atomic E-state index is 13.9. The zero-order valence-corrected chi connectivity index (χ0v) is 13.4. The van der Waals surface area contributed by atoms with E-state index in [1.54, 1.807) is 0 Å². The third kappa shape index (κ3) is 3.07. The molecule has 1 N–H and O–H groups in total. The van der Waals surface area contributed by atoms with E-state index in [4.69, 9.17) is 11.6 Å². The van der Waals surface area contributed by atoms with Gasteiger partial charge in [-0.25, -0.2) is 9.18 Å². The summed E-state index contributed by atoms with van der Waals surface area (Å²) in [5.74, 6) is -1.62. The number of carbonyl (C=O) groups is 2. The first kappa shape index (κ1) is 16.2. The van der Waals surface area contributed by atoms with Gasteiger partial charge < -0.3 is 10.0 Å². The molecule has 0 aromatic heterocycles. The summed E-state index contributed by atoms with van der Waals surface area (Å²) in [5.41, 5.74) is 0.141. The van der Waals surface area contributed by atoms with Crippen molar-refractivity contribution in [2.24, 2.45) is 5.92 Å². The van der Waals surface area contributed by atoms with Gasteiger partial charge in [-0.05, 0) is 37.3 Å². The first-order valence-electron chi connectivity index (χ1n) is 7.96. The highest BCUT2D eigenvalue weighted by atomic mass is 35.5. The lowest BCUT2D eigenvalue weighted by Gasteiger charge is -2.33. The Kier molecular flexibility index (Phi) is 4.57. The van der Waals surface area contributed by atoms with E-state index >= 15 is 0 Å². The molecule has 1 aliphatic carbocycles. The fourth-order valence-electron chi connectivity index (χ4n) is 3.98. The molecule has 4 nitrogen and oxygen atoms in total. The van der Waals surface area contributed by atoms with Crippen molar-refractivity contribution in [3.05, 3.63) is 34.6 Å². The van der Waals surface area contributed by atoms with Crippen LogP contribution in [0.5, 0.6) is 0 Å². The third-order valence-corrected chi connectivity index (χ3v) is 5.40. The molecule has 3 atom stereocenters. The average Bonchev–Trinajstić information content (AvgIpc) is 2.91. The summed E-state index contributed by atoms with van der Waals surface area (Å²) in [6, 6.07) is 3.44. The van der Waals surface area contributed by atoms with E-state index in [1.165, 1.54) is 23.1 Å². The Hall–Kier alpha value is -1.62. The summed E-state index contributed by atoms with van der Waals surface area (Å²) in [5, 5.41) is 9.66. The Morgan fingerprint density at radius 3 is 2.74 bits per heavy atom. The van der Waals surface area contributed by atoms with Crippen LogP contribution in [0, 0.1) is 11.7 Å². The van der Waals surface area contributed by atoms with Crippen LogP contribution in [0.25, 0.3) is 0 Å². The number of fused-ring (bicyclic) bond motifs is 1. The quantitative estimate of drug-likeness (QED) is 0.919. The SMILES string of the molecule is O=C(O)C1CC2CCCCC2N1C(=O)Cc1c(F)cccc1Cl. The van der Waals surface area contributed by atoms with E-state index in [0.717, 1.165) is 25.7 Å². The Bertz CT molecular complexity index is 616. The minimum Gasteiger partial charge on any atom is -0.480 e. The highest BCUT2D eigenvalue weighted by Gasteiger charge is 2.47. The lowest BCUT2D eigenvalue weighted by molar-refractivity contribution is -0.149. The number of aliphatic carboxylic acids is 1. The minimum atomic E-state index is -0.979. The summed E-state index contributed by atoms with van der Waals surface area (Å²) < 4.78 is 13.9. The van der Waals surface area contributed by atoms with Gasteiger partial charge >= 0.3 is 5.97 Å². The number of rotatable bonds is 3. The maximum atomic E-state index is 13.9. The number of nitrogens with zero attached hydrogens (tertiary/aromatic N) is 1. The van der Waals surface area contributed by atoms with E-state index in [1.807, 2.05) is 0 Å². The van der Waals surface area contributed by atoms with Crippen molar-refractivity contribution in [3.63, 3.8) is 0 Å². The minimum absolute atomic E-state index is 0.0390. The molecule has 0 radical (unpaired) electrons. The number of hydrogen-bond acceptors (Lipinski definition) is 2. The summed E-state index contributed by atoms with van der Waals surface area (Å²) in [6.45, 7) is 0. The second-order valence-corrected chi connectivity index (χ2v) is 6.79. The number of halogens is 2. The third-order valence-electron chi connectivity index (χ3n) is 5.05. The van der Waals surface area contributed by atoms with Gasteiger partial charge in [0.05, 0.1) is 6.42 Å². The highest BCUT2D eigenvalue weighted by molar-refractivity contribution is 6.31. The molecule has 1 amide bonds. The molecule has 3 rings (SSSR count). The van der Waals surface area contributed by atoms with E-state index in [9.17, 15) is 19.1 Å². The van der Waals surface area contributed by atoms with Gasteiger partial charge in [-0.3, -0.25) is 4.79 Å². The van der Waals surface area contributed by atoms with Crippen LogP contribution in [0.3, 0.4) is 0 Å². The van der Waals surface area contributed by atoms with Gasteiger partial charge in [-0.2, -0.15) is 0 Å². The molecule has 1 aromatic rings. The topological polar surface area (TPSA) is 57.6 Å². The van der Waals surface area contributed by atoms with Gasteiger partial charge in [0.15, 0.2) is 0 Å². The number of hydrogen-bond donors (Lipinski definition) is 1. The molecule has 0 bridgehead atoms. The molecule has 1 saturated heterocycles. The van der Waals surface area contributed by atoms with Gasteiger partial charge in [-0.1, -0.05) is 30.5 Å². The molecule has 1 aromatic carbocycles. The van der Waals surface area contributed by atoms with Gasteiger partial charge in [0, 0.05) is 16.6 Å². The van der Waals surface area contributed by atoms with Crippen molar-refractivity contribution in [1.82, 2.24) is 4.90 Å². The van der Waals surface area contributed by atoms with Crippen molar-refractivity contribution in [2.75, 3.05) is 0 Å². The van der Waals surface area contributed by atoms with Crippen molar-refractivity contribution >= 4 is 23.5 Å². The van der Waals surface area contributed by atoms with Crippen LogP contribution in [0.4, 0.5) is 4.39 Å². The van der Waals surface area contributed by atoms with E-state index < -0.39 is 17.8 Å².